The van der Waals surface area contributed by atoms with E-state index >= 15 is 0 Å². The van der Waals surface area contributed by atoms with E-state index < -0.39 is 5.97 Å². The van der Waals surface area contributed by atoms with Crippen LogP contribution in [-0.4, -0.2) is 63.2 Å². The van der Waals surface area contributed by atoms with Crippen LogP contribution in [0, 0.1) is 0 Å². The first-order valence-electron chi connectivity index (χ1n) is 10.8. The third kappa shape index (κ3) is 4.95. The number of para-hydroxylation sites is 1. The Morgan fingerprint density at radius 1 is 1.15 bits per heavy atom. The van der Waals surface area contributed by atoms with Crippen molar-refractivity contribution in [1.82, 2.24) is 20.0 Å². The van der Waals surface area contributed by atoms with Crippen LogP contribution >= 0.6 is 11.6 Å². The normalized spacial score (nSPS) is 15.5. The molecule has 9 nitrogen and oxygen atoms in total. The number of carbonyl (C=O) groups is 3. The smallest absolute Gasteiger partial charge is 0.317 e. The molecule has 2 aromatic carbocycles. The second-order valence-corrected chi connectivity index (χ2v) is 8.43. The number of anilines is 1. The van der Waals surface area contributed by atoms with E-state index in [9.17, 15) is 14.4 Å². The van der Waals surface area contributed by atoms with Crippen molar-refractivity contribution in [3.8, 4) is 5.69 Å². The summed E-state index contributed by atoms with van der Waals surface area (Å²) in [6.07, 6.45) is 3.45. The summed E-state index contributed by atoms with van der Waals surface area (Å²) in [4.78, 5) is 40.5. The average molecular weight is 482 g/mol. The molecule has 4 rings (SSSR count). The Balaban J connectivity index is 1.61. The zero-order chi connectivity index (χ0) is 24.2. The molecular formula is C24H24ClN5O4. The molecule has 1 aliphatic heterocycles. The Morgan fingerprint density at radius 3 is 2.65 bits per heavy atom. The molecule has 2 N–H and O–H groups in total. The van der Waals surface area contributed by atoms with Crippen LogP contribution in [0.15, 0.2) is 60.9 Å². The highest BCUT2D eigenvalue weighted by molar-refractivity contribution is 6.34. The number of hydrogen-bond acceptors (Lipinski definition) is 5. The van der Waals surface area contributed by atoms with Gasteiger partial charge in [0.25, 0.3) is 5.91 Å². The van der Waals surface area contributed by atoms with Crippen molar-refractivity contribution >= 4 is 35.1 Å². The first kappa shape index (κ1) is 23.5. The van der Waals surface area contributed by atoms with Gasteiger partial charge in [0.05, 0.1) is 29.4 Å². The monoisotopic (exact) mass is 481 g/mol. The van der Waals surface area contributed by atoms with E-state index in [1.165, 1.54) is 0 Å². The summed E-state index contributed by atoms with van der Waals surface area (Å²) in [5, 5.41) is 15.9. The van der Waals surface area contributed by atoms with Crippen molar-refractivity contribution in [3.05, 3.63) is 77.1 Å². The van der Waals surface area contributed by atoms with Gasteiger partial charge < -0.3 is 14.9 Å². The van der Waals surface area contributed by atoms with Gasteiger partial charge in [-0.2, -0.15) is 5.10 Å². The van der Waals surface area contributed by atoms with Gasteiger partial charge in [0, 0.05) is 37.2 Å². The molecule has 0 fully saturated rings. The lowest BCUT2D eigenvalue weighted by Gasteiger charge is -2.29. The molecule has 0 saturated carbocycles. The second kappa shape index (κ2) is 10.1. The fraction of sp³-hybridized carbons (Fsp3) is 0.250. The lowest BCUT2D eigenvalue weighted by Crippen LogP contribution is -2.47. The maximum Gasteiger partial charge on any atom is 0.317 e. The molecule has 0 bridgehead atoms. The predicted octanol–water partition coefficient (Wildman–Crippen LogP) is 2.58. The van der Waals surface area contributed by atoms with E-state index in [0.717, 1.165) is 11.3 Å². The van der Waals surface area contributed by atoms with Crippen LogP contribution in [0.25, 0.3) is 5.69 Å². The molecule has 0 aliphatic carbocycles. The number of nitrogens with one attached hydrogen (secondary N) is 1. The predicted molar refractivity (Wildman–Crippen MR) is 127 cm³/mol. The van der Waals surface area contributed by atoms with Gasteiger partial charge in [0.2, 0.25) is 5.91 Å². The SMILES string of the molecule is C[C@@H]1CN(C(=O)c2ccc(-n3cccn3)cc2Cl)c2ccccc2CN1C(=O)CNCC(=O)O. The number of rotatable bonds is 6. The number of aromatic nitrogens is 2. The van der Waals surface area contributed by atoms with Gasteiger partial charge in [-0.15, -0.1) is 0 Å². The van der Waals surface area contributed by atoms with Crippen molar-refractivity contribution in [2.24, 2.45) is 0 Å². The summed E-state index contributed by atoms with van der Waals surface area (Å²) in [6, 6.07) is 14.1. The largest absolute Gasteiger partial charge is 0.480 e. The quantitative estimate of drug-likeness (QED) is 0.560. The molecule has 34 heavy (non-hydrogen) atoms. The van der Waals surface area contributed by atoms with Gasteiger partial charge in [0.1, 0.15) is 0 Å². The van der Waals surface area contributed by atoms with E-state index in [-0.39, 0.29) is 37.5 Å². The molecule has 1 atom stereocenters. The number of carboxylic acid groups (broad SMARTS) is 1. The van der Waals surface area contributed by atoms with Crippen LogP contribution in [0.4, 0.5) is 5.69 Å². The van der Waals surface area contributed by atoms with Gasteiger partial charge in [-0.1, -0.05) is 29.8 Å². The van der Waals surface area contributed by atoms with Crippen molar-refractivity contribution in [3.63, 3.8) is 0 Å². The highest BCUT2D eigenvalue weighted by atomic mass is 35.5. The molecule has 3 aromatic rings. The number of carbonyl (C=O) groups excluding carboxylic acids is 2. The van der Waals surface area contributed by atoms with Crippen molar-refractivity contribution in [2.45, 2.75) is 19.5 Å². The molecule has 1 aromatic heterocycles. The van der Waals surface area contributed by atoms with Crippen LogP contribution in [-0.2, 0) is 16.1 Å². The van der Waals surface area contributed by atoms with Gasteiger partial charge in [-0.05, 0) is 42.8 Å². The lowest BCUT2D eigenvalue weighted by molar-refractivity contribution is -0.136. The number of halogens is 1. The Hall–Kier alpha value is -3.69. The summed E-state index contributed by atoms with van der Waals surface area (Å²) < 4.78 is 1.66. The first-order valence-corrected chi connectivity index (χ1v) is 11.1. The minimum Gasteiger partial charge on any atom is -0.480 e. The Bertz CT molecular complexity index is 1210. The number of aliphatic carboxylic acids is 1. The molecule has 2 heterocycles. The Labute approximate surface area is 201 Å². The summed E-state index contributed by atoms with van der Waals surface area (Å²) in [5.74, 6) is -1.54. The second-order valence-electron chi connectivity index (χ2n) is 8.03. The third-order valence-electron chi connectivity index (χ3n) is 5.67. The molecule has 0 saturated heterocycles. The van der Waals surface area contributed by atoms with Crippen molar-refractivity contribution in [2.75, 3.05) is 24.5 Å². The molecule has 0 spiro atoms. The van der Waals surface area contributed by atoms with Crippen LogP contribution < -0.4 is 10.2 Å². The molecular weight excluding hydrogens is 458 g/mol. The maximum atomic E-state index is 13.6. The highest BCUT2D eigenvalue weighted by Crippen LogP contribution is 2.30. The third-order valence-corrected chi connectivity index (χ3v) is 5.98. The highest BCUT2D eigenvalue weighted by Gasteiger charge is 2.32. The average Bonchev–Trinajstić information content (AvgIpc) is 3.30. The zero-order valence-electron chi connectivity index (χ0n) is 18.5. The number of carboxylic acids is 1. The van der Waals surface area contributed by atoms with Crippen LogP contribution in [0.3, 0.4) is 0 Å². The number of amides is 2. The molecule has 176 valence electrons. The fourth-order valence-corrected chi connectivity index (χ4v) is 4.26. The number of nitrogens with zero attached hydrogens (tertiary/aromatic N) is 4. The Morgan fingerprint density at radius 2 is 1.94 bits per heavy atom. The molecule has 0 radical (unpaired) electrons. The van der Waals surface area contributed by atoms with Crippen molar-refractivity contribution < 1.29 is 19.5 Å². The minimum absolute atomic E-state index is 0.104. The summed E-state index contributed by atoms with van der Waals surface area (Å²) in [7, 11) is 0. The summed E-state index contributed by atoms with van der Waals surface area (Å²) in [5.41, 5.74) is 2.61. The van der Waals surface area contributed by atoms with E-state index in [1.807, 2.05) is 31.2 Å². The van der Waals surface area contributed by atoms with E-state index in [1.54, 1.807) is 51.1 Å². The van der Waals surface area contributed by atoms with Gasteiger partial charge in [-0.25, -0.2) is 4.68 Å². The Kier molecular flexibility index (Phi) is 6.95. The molecule has 2 amide bonds. The maximum absolute atomic E-state index is 13.6. The van der Waals surface area contributed by atoms with Gasteiger partial charge >= 0.3 is 5.97 Å². The molecule has 0 unspecified atom stereocenters. The van der Waals surface area contributed by atoms with E-state index in [2.05, 4.69) is 10.4 Å². The summed E-state index contributed by atoms with van der Waals surface area (Å²) in [6.45, 7) is 2.03. The zero-order valence-corrected chi connectivity index (χ0v) is 19.3. The van der Waals surface area contributed by atoms with E-state index in [0.29, 0.717) is 22.8 Å². The van der Waals surface area contributed by atoms with Crippen LogP contribution in [0.1, 0.15) is 22.8 Å². The topological polar surface area (TPSA) is 108 Å². The number of fused-ring (bicyclic) bond motifs is 1. The number of hydrogen-bond donors (Lipinski definition) is 2. The van der Waals surface area contributed by atoms with Gasteiger partial charge in [0.15, 0.2) is 0 Å². The minimum atomic E-state index is -1.03. The standard InChI is InChI=1S/C24H24ClN5O4/c1-16-14-29(24(34)19-8-7-18(11-20(19)25)30-10-4-9-27-30)21-6-3-2-5-17(21)15-28(16)22(31)12-26-13-23(32)33/h2-11,16,26H,12-15H2,1H3,(H,32,33)/t16-/m1/s1. The van der Waals surface area contributed by atoms with Crippen LogP contribution in [0.2, 0.25) is 5.02 Å². The number of benzene rings is 2. The van der Waals surface area contributed by atoms with Crippen LogP contribution in [0.5, 0.6) is 0 Å². The lowest BCUT2D eigenvalue weighted by atomic mass is 10.1. The molecule has 10 heteroatoms. The fourth-order valence-electron chi connectivity index (χ4n) is 4.00. The summed E-state index contributed by atoms with van der Waals surface area (Å²) >= 11 is 6.52. The van der Waals surface area contributed by atoms with E-state index in [4.69, 9.17) is 16.7 Å². The first-order chi connectivity index (χ1) is 16.3. The van der Waals surface area contributed by atoms with Gasteiger partial charge in [-0.3, -0.25) is 19.7 Å². The van der Waals surface area contributed by atoms with Crippen molar-refractivity contribution in [1.29, 1.82) is 0 Å². The molecule has 1 aliphatic rings.